The maximum atomic E-state index is 12.6. The summed E-state index contributed by atoms with van der Waals surface area (Å²) in [6, 6.07) is 5.38. The minimum atomic E-state index is -0.508. The van der Waals surface area contributed by atoms with Crippen molar-refractivity contribution in [1.82, 2.24) is 5.32 Å². The van der Waals surface area contributed by atoms with E-state index in [4.69, 9.17) is 4.74 Å². The highest BCUT2D eigenvalue weighted by molar-refractivity contribution is 7.18. The van der Waals surface area contributed by atoms with Gasteiger partial charge in [0.25, 0.3) is 11.8 Å². The largest absolute Gasteiger partial charge is 0.462 e. The molecule has 0 atom stereocenters. The van der Waals surface area contributed by atoms with Crippen molar-refractivity contribution in [3.05, 3.63) is 50.9 Å². The first-order valence-electron chi connectivity index (χ1n) is 8.21. The van der Waals surface area contributed by atoms with Crippen LogP contribution in [0.5, 0.6) is 0 Å². The molecule has 0 fully saturated rings. The normalized spacial score (nSPS) is 10.3. The summed E-state index contributed by atoms with van der Waals surface area (Å²) < 4.78 is 5.04. The Kier molecular flexibility index (Phi) is 6.15. The van der Waals surface area contributed by atoms with Crippen molar-refractivity contribution in [2.24, 2.45) is 0 Å². The first-order chi connectivity index (χ1) is 12.3. The molecule has 138 valence electrons. The van der Waals surface area contributed by atoms with Crippen molar-refractivity contribution in [1.29, 1.82) is 0 Å². The monoisotopic (exact) mass is 374 g/mol. The van der Waals surface area contributed by atoms with E-state index >= 15 is 0 Å². The predicted molar refractivity (Wildman–Crippen MR) is 102 cm³/mol. The lowest BCUT2D eigenvalue weighted by atomic mass is 10.1. The maximum absolute atomic E-state index is 12.6. The number of thiophene rings is 1. The first kappa shape index (κ1) is 19.7. The average molecular weight is 374 g/mol. The number of aryl methyl sites for hydroxylation is 2. The van der Waals surface area contributed by atoms with Crippen LogP contribution in [0.3, 0.4) is 0 Å². The Bertz CT molecular complexity index is 871. The number of benzene rings is 1. The van der Waals surface area contributed by atoms with Crippen LogP contribution < -0.4 is 10.6 Å². The lowest BCUT2D eigenvalue weighted by Crippen LogP contribution is -2.21. The van der Waals surface area contributed by atoms with Gasteiger partial charge < -0.3 is 15.4 Å². The van der Waals surface area contributed by atoms with E-state index in [0.717, 1.165) is 22.5 Å². The van der Waals surface area contributed by atoms with Crippen LogP contribution in [0.1, 0.15) is 54.0 Å². The Hall–Kier alpha value is -2.67. The zero-order valence-corrected chi connectivity index (χ0v) is 16.3. The number of anilines is 1. The van der Waals surface area contributed by atoms with Crippen molar-refractivity contribution in [2.45, 2.75) is 27.7 Å². The molecule has 0 aliphatic heterocycles. The number of hydrogen-bond acceptors (Lipinski definition) is 5. The van der Waals surface area contributed by atoms with E-state index < -0.39 is 5.97 Å². The van der Waals surface area contributed by atoms with Crippen LogP contribution in [-0.2, 0) is 4.74 Å². The van der Waals surface area contributed by atoms with Crippen LogP contribution in [-0.4, -0.2) is 31.4 Å². The Balaban J connectivity index is 2.42. The van der Waals surface area contributed by atoms with Gasteiger partial charge in [-0.05, 0) is 56.5 Å². The quantitative estimate of drug-likeness (QED) is 0.785. The second-order valence-electron chi connectivity index (χ2n) is 5.81. The summed E-state index contributed by atoms with van der Waals surface area (Å²) >= 11 is 1.04. The van der Waals surface area contributed by atoms with Crippen molar-refractivity contribution in [3.63, 3.8) is 0 Å². The smallest absolute Gasteiger partial charge is 0.348 e. The van der Waals surface area contributed by atoms with Crippen LogP contribution in [0.25, 0.3) is 0 Å². The molecule has 1 aromatic carbocycles. The molecular formula is C19H22N2O4S. The van der Waals surface area contributed by atoms with Crippen LogP contribution in [0, 0.1) is 20.8 Å². The molecule has 0 aliphatic rings. The number of carbonyl (C=O) groups is 3. The lowest BCUT2D eigenvalue weighted by molar-refractivity contribution is 0.0531. The highest BCUT2D eigenvalue weighted by Gasteiger charge is 2.26. The molecule has 26 heavy (non-hydrogen) atoms. The van der Waals surface area contributed by atoms with E-state index in [1.807, 2.05) is 19.9 Å². The van der Waals surface area contributed by atoms with Crippen LogP contribution in [0.4, 0.5) is 5.00 Å². The van der Waals surface area contributed by atoms with Gasteiger partial charge in [-0.1, -0.05) is 6.07 Å². The fraction of sp³-hybridized carbons (Fsp3) is 0.316. The van der Waals surface area contributed by atoms with Crippen LogP contribution in [0.15, 0.2) is 18.2 Å². The number of hydrogen-bond donors (Lipinski definition) is 2. The molecule has 2 amide bonds. The van der Waals surface area contributed by atoms with E-state index in [-0.39, 0.29) is 24.0 Å². The van der Waals surface area contributed by atoms with Gasteiger partial charge in [0.2, 0.25) is 0 Å². The predicted octanol–water partition coefficient (Wildman–Crippen LogP) is 3.46. The van der Waals surface area contributed by atoms with Crippen LogP contribution >= 0.6 is 11.3 Å². The molecule has 7 heteroatoms. The Morgan fingerprint density at radius 2 is 1.77 bits per heavy atom. The maximum Gasteiger partial charge on any atom is 0.348 e. The summed E-state index contributed by atoms with van der Waals surface area (Å²) in [6.45, 7) is 7.50. The zero-order valence-electron chi connectivity index (χ0n) is 15.5. The summed E-state index contributed by atoms with van der Waals surface area (Å²) in [6.07, 6.45) is 0. The number of ether oxygens (including phenoxy) is 1. The van der Waals surface area contributed by atoms with Gasteiger partial charge in [-0.3, -0.25) is 9.59 Å². The summed E-state index contributed by atoms with van der Waals surface area (Å²) in [5, 5.41) is 5.63. The number of rotatable bonds is 5. The standard InChI is InChI=1S/C19H22N2O4S/c1-6-25-19(24)15-12(4)14(17(23)20-5)18(26-15)21-16(22)13-8-7-10(2)11(3)9-13/h7-9H,6H2,1-5H3,(H,20,23)(H,21,22). The zero-order chi connectivity index (χ0) is 19.4. The van der Waals surface area contributed by atoms with Gasteiger partial charge in [-0.2, -0.15) is 0 Å². The van der Waals surface area contributed by atoms with Crippen molar-refractivity contribution in [2.75, 3.05) is 19.0 Å². The van der Waals surface area contributed by atoms with Gasteiger partial charge >= 0.3 is 5.97 Å². The molecule has 2 aromatic rings. The summed E-state index contributed by atoms with van der Waals surface area (Å²) in [5.41, 5.74) is 3.34. The Morgan fingerprint density at radius 3 is 2.35 bits per heavy atom. The number of nitrogens with one attached hydrogen (secondary N) is 2. The van der Waals surface area contributed by atoms with Gasteiger partial charge in [0, 0.05) is 12.6 Å². The van der Waals surface area contributed by atoms with Crippen molar-refractivity contribution < 1.29 is 19.1 Å². The third-order valence-corrected chi connectivity index (χ3v) is 5.25. The van der Waals surface area contributed by atoms with Gasteiger partial charge in [0.1, 0.15) is 9.88 Å². The molecule has 0 spiro atoms. The SMILES string of the molecule is CCOC(=O)c1sc(NC(=O)c2ccc(C)c(C)c2)c(C(=O)NC)c1C. The molecule has 2 rings (SSSR count). The fourth-order valence-electron chi connectivity index (χ4n) is 2.45. The third kappa shape index (κ3) is 3.94. The van der Waals surface area contributed by atoms with E-state index in [0.29, 0.717) is 21.0 Å². The van der Waals surface area contributed by atoms with Gasteiger partial charge in [0.05, 0.1) is 12.2 Å². The molecule has 0 bridgehead atoms. The molecular weight excluding hydrogens is 352 g/mol. The number of carbonyl (C=O) groups excluding carboxylic acids is 3. The molecule has 2 N–H and O–H groups in total. The fourth-order valence-corrected chi connectivity index (χ4v) is 3.54. The summed E-state index contributed by atoms with van der Waals surface area (Å²) in [5.74, 6) is -1.22. The van der Waals surface area contributed by atoms with Crippen LogP contribution in [0.2, 0.25) is 0 Å². The molecule has 1 heterocycles. The van der Waals surface area contributed by atoms with Crippen molar-refractivity contribution in [3.8, 4) is 0 Å². The van der Waals surface area contributed by atoms with Gasteiger partial charge in [0.15, 0.2) is 0 Å². The number of amides is 2. The second-order valence-corrected chi connectivity index (χ2v) is 6.83. The Morgan fingerprint density at radius 1 is 1.08 bits per heavy atom. The molecule has 0 aliphatic carbocycles. The molecule has 1 aromatic heterocycles. The van der Waals surface area contributed by atoms with E-state index in [9.17, 15) is 14.4 Å². The van der Waals surface area contributed by atoms with E-state index in [2.05, 4.69) is 10.6 Å². The molecule has 0 radical (unpaired) electrons. The Labute approximate surface area is 156 Å². The van der Waals surface area contributed by atoms with E-state index in [1.54, 1.807) is 26.0 Å². The second kappa shape index (κ2) is 8.14. The molecule has 6 nitrogen and oxygen atoms in total. The number of esters is 1. The van der Waals surface area contributed by atoms with Crippen molar-refractivity contribution >= 4 is 34.1 Å². The summed E-state index contributed by atoms with van der Waals surface area (Å²) in [7, 11) is 1.50. The minimum Gasteiger partial charge on any atom is -0.462 e. The molecule has 0 saturated carbocycles. The van der Waals surface area contributed by atoms with Gasteiger partial charge in [-0.25, -0.2) is 4.79 Å². The highest BCUT2D eigenvalue weighted by Crippen LogP contribution is 2.34. The highest BCUT2D eigenvalue weighted by atomic mass is 32.1. The molecule has 0 saturated heterocycles. The topological polar surface area (TPSA) is 84.5 Å². The average Bonchev–Trinajstić information content (AvgIpc) is 2.93. The first-order valence-corrected chi connectivity index (χ1v) is 9.03. The summed E-state index contributed by atoms with van der Waals surface area (Å²) in [4.78, 5) is 37.3. The lowest BCUT2D eigenvalue weighted by Gasteiger charge is -2.08. The van der Waals surface area contributed by atoms with E-state index in [1.165, 1.54) is 7.05 Å². The molecule has 0 unspecified atom stereocenters. The minimum absolute atomic E-state index is 0.232. The third-order valence-electron chi connectivity index (χ3n) is 4.06. The van der Waals surface area contributed by atoms with Gasteiger partial charge in [-0.15, -0.1) is 11.3 Å².